The Labute approximate surface area is 151 Å². The number of hydrazone groups is 1. The van der Waals surface area contributed by atoms with E-state index in [9.17, 15) is 9.59 Å². The summed E-state index contributed by atoms with van der Waals surface area (Å²) in [6.07, 6.45) is 1.64. The van der Waals surface area contributed by atoms with Crippen LogP contribution in [0, 0.1) is 0 Å². The van der Waals surface area contributed by atoms with Crippen LogP contribution in [-0.2, 0) is 16.0 Å². The predicted octanol–water partition coefficient (Wildman–Crippen LogP) is 2.32. The minimum atomic E-state index is -0.418. The number of amides is 1. The molecule has 0 bridgehead atoms. The third-order valence-electron chi connectivity index (χ3n) is 3.36. The maximum absolute atomic E-state index is 12.0. The van der Waals surface area contributed by atoms with Crippen LogP contribution >= 0.6 is 0 Å². The van der Waals surface area contributed by atoms with Gasteiger partial charge in [0, 0.05) is 18.6 Å². The zero-order chi connectivity index (χ0) is 18.9. The average Bonchev–Trinajstić information content (AvgIpc) is 2.62. The lowest BCUT2D eigenvalue weighted by molar-refractivity contribution is -0.131. The van der Waals surface area contributed by atoms with Gasteiger partial charge in [0.1, 0.15) is 17.2 Å². The van der Waals surface area contributed by atoms with Crippen molar-refractivity contribution in [2.24, 2.45) is 5.10 Å². The summed E-state index contributed by atoms with van der Waals surface area (Å²) in [5.74, 6) is 0.850. The fourth-order valence-electron chi connectivity index (χ4n) is 2.21. The number of nitrogens with one attached hydrogen (secondary N) is 1. The first kappa shape index (κ1) is 19.0. The normalized spacial score (nSPS) is 10.4. The molecule has 0 aliphatic heterocycles. The molecule has 0 radical (unpaired) electrons. The molecule has 0 unspecified atom stereocenters. The van der Waals surface area contributed by atoms with Crippen LogP contribution in [0.15, 0.2) is 47.6 Å². The van der Waals surface area contributed by atoms with E-state index in [4.69, 9.17) is 14.2 Å². The van der Waals surface area contributed by atoms with Crippen LogP contribution in [0.5, 0.6) is 17.2 Å². The molecule has 0 aromatic heterocycles. The molecule has 26 heavy (non-hydrogen) atoms. The van der Waals surface area contributed by atoms with Gasteiger partial charge >= 0.3 is 5.97 Å². The van der Waals surface area contributed by atoms with Crippen LogP contribution < -0.4 is 19.6 Å². The van der Waals surface area contributed by atoms with Gasteiger partial charge in [-0.05, 0) is 29.8 Å². The first-order valence-corrected chi connectivity index (χ1v) is 7.83. The molecule has 2 aromatic carbocycles. The van der Waals surface area contributed by atoms with Crippen LogP contribution in [0.3, 0.4) is 0 Å². The van der Waals surface area contributed by atoms with Crippen LogP contribution in [0.25, 0.3) is 0 Å². The highest BCUT2D eigenvalue weighted by atomic mass is 16.5. The number of esters is 1. The van der Waals surface area contributed by atoms with E-state index in [1.807, 2.05) is 18.2 Å². The largest absolute Gasteiger partial charge is 0.497 e. The Morgan fingerprint density at radius 3 is 2.58 bits per heavy atom. The number of carbonyl (C=O) groups excluding carboxylic acids is 2. The van der Waals surface area contributed by atoms with E-state index in [0.717, 1.165) is 5.56 Å². The van der Waals surface area contributed by atoms with E-state index in [-0.39, 0.29) is 12.3 Å². The van der Waals surface area contributed by atoms with Crippen molar-refractivity contribution in [3.63, 3.8) is 0 Å². The van der Waals surface area contributed by atoms with Gasteiger partial charge in [-0.25, -0.2) is 5.43 Å². The molecule has 0 saturated heterocycles. The lowest BCUT2D eigenvalue weighted by Crippen LogP contribution is -2.19. The van der Waals surface area contributed by atoms with Gasteiger partial charge in [0.2, 0.25) is 5.91 Å². The molecule has 0 spiro atoms. The van der Waals surface area contributed by atoms with Crippen LogP contribution in [0.2, 0.25) is 0 Å². The average molecular weight is 356 g/mol. The van der Waals surface area contributed by atoms with Crippen LogP contribution in [0.4, 0.5) is 0 Å². The molecular formula is C19H20N2O5. The van der Waals surface area contributed by atoms with Crippen molar-refractivity contribution in [1.29, 1.82) is 0 Å². The maximum Gasteiger partial charge on any atom is 0.308 e. The molecule has 0 aliphatic rings. The second-order valence-corrected chi connectivity index (χ2v) is 5.32. The smallest absolute Gasteiger partial charge is 0.308 e. The van der Waals surface area contributed by atoms with Crippen molar-refractivity contribution >= 4 is 18.1 Å². The minimum Gasteiger partial charge on any atom is -0.497 e. The number of hydrogen-bond acceptors (Lipinski definition) is 6. The van der Waals surface area contributed by atoms with Crippen molar-refractivity contribution in [3.8, 4) is 17.2 Å². The molecule has 2 aromatic rings. The Kier molecular flexibility index (Phi) is 6.73. The van der Waals surface area contributed by atoms with E-state index in [2.05, 4.69) is 10.5 Å². The number of methoxy groups -OCH3 is 2. The summed E-state index contributed by atoms with van der Waals surface area (Å²) in [7, 11) is 3.06. The summed E-state index contributed by atoms with van der Waals surface area (Å²) in [5, 5.41) is 3.94. The molecule has 7 nitrogen and oxygen atoms in total. The fourth-order valence-corrected chi connectivity index (χ4v) is 2.21. The summed E-state index contributed by atoms with van der Waals surface area (Å²) in [5.41, 5.74) is 3.91. The third-order valence-corrected chi connectivity index (χ3v) is 3.36. The number of hydrogen-bond donors (Lipinski definition) is 1. The highest BCUT2D eigenvalue weighted by molar-refractivity contribution is 5.86. The molecule has 1 N–H and O–H groups in total. The second-order valence-electron chi connectivity index (χ2n) is 5.32. The quantitative estimate of drug-likeness (QED) is 0.356. The van der Waals surface area contributed by atoms with Crippen molar-refractivity contribution in [2.45, 2.75) is 13.3 Å². The summed E-state index contributed by atoms with van der Waals surface area (Å²) < 4.78 is 15.4. The first-order chi connectivity index (χ1) is 12.5. The van der Waals surface area contributed by atoms with E-state index >= 15 is 0 Å². The Morgan fingerprint density at radius 2 is 1.88 bits per heavy atom. The highest BCUT2D eigenvalue weighted by Crippen LogP contribution is 2.23. The zero-order valence-corrected chi connectivity index (χ0v) is 14.8. The number of benzene rings is 2. The van der Waals surface area contributed by atoms with Crippen molar-refractivity contribution in [3.05, 3.63) is 53.6 Å². The molecule has 1 amide bonds. The van der Waals surface area contributed by atoms with Crippen LogP contribution in [0.1, 0.15) is 18.1 Å². The Balaban J connectivity index is 1.98. The highest BCUT2D eigenvalue weighted by Gasteiger charge is 2.06. The van der Waals surface area contributed by atoms with E-state index < -0.39 is 5.97 Å². The lowest BCUT2D eigenvalue weighted by atomic mass is 10.1. The number of carbonyl (C=O) groups is 2. The first-order valence-electron chi connectivity index (χ1n) is 7.83. The van der Waals surface area contributed by atoms with Gasteiger partial charge in [-0.3, -0.25) is 9.59 Å². The van der Waals surface area contributed by atoms with E-state index in [1.165, 1.54) is 20.2 Å². The zero-order valence-electron chi connectivity index (χ0n) is 14.8. The van der Waals surface area contributed by atoms with Crippen molar-refractivity contribution < 1.29 is 23.8 Å². The molecule has 0 heterocycles. The standard InChI is InChI=1S/C19H20N2O5/c1-13(22)26-17-8-7-15(18(11-17)25-3)12-20-21-19(23)10-14-5-4-6-16(9-14)24-2/h4-9,11-12H,10H2,1-3H3,(H,21,23). The summed E-state index contributed by atoms with van der Waals surface area (Å²) in [6, 6.07) is 12.1. The Bertz CT molecular complexity index is 817. The topological polar surface area (TPSA) is 86.2 Å². The molecule has 0 fully saturated rings. The molecule has 2 rings (SSSR count). The number of rotatable bonds is 7. The number of ether oxygens (including phenoxy) is 3. The van der Waals surface area contributed by atoms with Gasteiger partial charge in [-0.15, -0.1) is 0 Å². The van der Waals surface area contributed by atoms with Crippen molar-refractivity contribution in [1.82, 2.24) is 5.43 Å². The van der Waals surface area contributed by atoms with E-state index in [0.29, 0.717) is 22.8 Å². The number of nitrogens with zero attached hydrogens (tertiary/aromatic N) is 1. The lowest BCUT2D eigenvalue weighted by Gasteiger charge is -2.07. The van der Waals surface area contributed by atoms with Gasteiger partial charge in [-0.2, -0.15) is 5.10 Å². The van der Waals surface area contributed by atoms with Crippen molar-refractivity contribution in [2.75, 3.05) is 14.2 Å². The SMILES string of the molecule is COc1cccc(CC(=O)NN=Cc2ccc(OC(C)=O)cc2OC)c1. The summed E-state index contributed by atoms with van der Waals surface area (Å²) in [4.78, 5) is 23.0. The molecule has 0 saturated carbocycles. The third kappa shape index (κ3) is 5.62. The second kappa shape index (κ2) is 9.22. The Morgan fingerprint density at radius 1 is 1.08 bits per heavy atom. The molecule has 0 atom stereocenters. The Hall–Kier alpha value is -3.35. The monoisotopic (exact) mass is 356 g/mol. The van der Waals surface area contributed by atoms with Gasteiger partial charge in [0.05, 0.1) is 26.9 Å². The molecule has 7 heteroatoms. The predicted molar refractivity (Wildman–Crippen MR) is 96.7 cm³/mol. The van der Waals surface area contributed by atoms with Gasteiger partial charge in [-0.1, -0.05) is 12.1 Å². The minimum absolute atomic E-state index is 0.178. The molecular weight excluding hydrogens is 336 g/mol. The summed E-state index contributed by atoms with van der Waals surface area (Å²) in [6.45, 7) is 1.32. The maximum atomic E-state index is 12.0. The van der Waals surface area contributed by atoms with E-state index in [1.54, 1.807) is 31.4 Å². The molecule has 0 aliphatic carbocycles. The van der Waals surface area contributed by atoms with Gasteiger partial charge in [0.15, 0.2) is 0 Å². The van der Waals surface area contributed by atoms with Gasteiger partial charge in [0.25, 0.3) is 0 Å². The fraction of sp³-hybridized carbons (Fsp3) is 0.211. The molecule has 136 valence electrons. The summed E-state index contributed by atoms with van der Waals surface area (Å²) >= 11 is 0. The van der Waals surface area contributed by atoms with Crippen LogP contribution in [-0.4, -0.2) is 32.3 Å². The van der Waals surface area contributed by atoms with Gasteiger partial charge < -0.3 is 14.2 Å².